The molecule has 0 atom stereocenters. The minimum absolute atomic E-state index is 0.0456. The van der Waals surface area contributed by atoms with Gasteiger partial charge in [-0.2, -0.15) is 0 Å². The number of carbonyl (C=O) groups is 1. The number of aromatic nitrogens is 2. The van der Waals surface area contributed by atoms with E-state index >= 15 is 0 Å². The molecule has 1 aliphatic heterocycles. The Labute approximate surface area is 113 Å². The summed E-state index contributed by atoms with van der Waals surface area (Å²) < 4.78 is 0. The topological polar surface area (TPSA) is 70.2 Å². The molecule has 0 aromatic carbocycles. The van der Waals surface area contributed by atoms with Gasteiger partial charge in [0.2, 0.25) is 5.91 Å². The maximum Gasteiger partial charge on any atom is 0.234 e. The lowest BCUT2D eigenvalue weighted by molar-refractivity contribution is -0.122. The summed E-state index contributed by atoms with van der Waals surface area (Å²) in [6.07, 6.45) is 4.50. The van der Waals surface area contributed by atoms with Gasteiger partial charge in [-0.3, -0.25) is 19.7 Å². The number of rotatable bonds is 4. The SMILES string of the molecule is Cc1cnc(CNC(=O)CN2CCCNCC2)cn1. The summed E-state index contributed by atoms with van der Waals surface area (Å²) in [6, 6.07) is 0. The van der Waals surface area contributed by atoms with E-state index in [0.717, 1.165) is 44.0 Å². The zero-order chi connectivity index (χ0) is 13.5. The van der Waals surface area contributed by atoms with Crippen LogP contribution in [0.1, 0.15) is 17.8 Å². The Balaban J connectivity index is 1.73. The number of nitrogens with zero attached hydrogens (tertiary/aromatic N) is 3. The average Bonchev–Trinajstić information content (AvgIpc) is 2.67. The van der Waals surface area contributed by atoms with Crippen molar-refractivity contribution in [2.24, 2.45) is 0 Å². The van der Waals surface area contributed by atoms with Gasteiger partial charge in [0.25, 0.3) is 0 Å². The standard InChI is InChI=1S/C13H21N5O/c1-11-7-16-12(8-15-11)9-17-13(19)10-18-5-2-3-14-4-6-18/h7-8,14H,2-6,9-10H2,1H3,(H,17,19). The molecule has 1 aromatic heterocycles. The summed E-state index contributed by atoms with van der Waals surface area (Å²) in [7, 11) is 0. The molecular formula is C13H21N5O. The fourth-order valence-electron chi connectivity index (χ4n) is 2.02. The average molecular weight is 263 g/mol. The van der Waals surface area contributed by atoms with Crippen molar-refractivity contribution in [3.63, 3.8) is 0 Å². The monoisotopic (exact) mass is 263 g/mol. The van der Waals surface area contributed by atoms with Gasteiger partial charge in [-0.25, -0.2) is 0 Å². The van der Waals surface area contributed by atoms with Crippen molar-refractivity contribution in [1.29, 1.82) is 0 Å². The summed E-state index contributed by atoms with van der Waals surface area (Å²) in [6.45, 7) is 6.69. The van der Waals surface area contributed by atoms with Crippen molar-refractivity contribution < 1.29 is 4.79 Å². The van der Waals surface area contributed by atoms with E-state index in [1.165, 1.54) is 0 Å². The van der Waals surface area contributed by atoms with Gasteiger partial charge in [-0.1, -0.05) is 0 Å². The van der Waals surface area contributed by atoms with Crippen LogP contribution in [0.2, 0.25) is 0 Å². The lowest BCUT2D eigenvalue weighted by atomic mass is 10.3. The van der Waals surface area contributed by atoms with Crippen molar-refractivity contribution in [3.05, 3.63) is 23.8 Å². The summed E-state index contributed by atoms with van der Waals surface area (Å²) in [5.41, 5.74) is 1.67. The van der Waals surface area contributed by atoms with Crippen LogP contribution in [0.15, 0.2) is 12.4 Å². The predicted octanol–water partition coefficient (Wildman–Crippen LogP) is -0.303. The second-order valence-corrected chi connectivity index (χ2v) is 4.81. The highest BCUT2D eigenvalue weighted by molar-refractivity contribution is 5.77. The van der Waals surface area contributed by atoms with Crippen molar-refractivity contribution in [3.8, 4) is 0 Å². The van der Waals surface area contributed by atoms with E-state index in [0.29, 0.717) is 13.1 Å². The van der Waals surface area contributed by atoms with E-state index in [4.69, 9.17) is 0 Å². The molecule has 2 N–H and O–H groups in total. The molecule has 19 heavy (non-hydrogen) atoms. The Bertz CT molecular complexity index is 398. The van der Waals surface area contributed by atoms with Crippen LogP contribution >= 0.6 is 0 Å². The van der Waals surface area contributed by atoms with E-state index in [1.807, 2.05) is 6.92 Å². The number of hydrogen-bond acceptors (Lipinski definition) is 5. The Hall–Kier alpha value is -1.53. The zero-order valence-electron chi connectivity index (χ0n) is 11.4. The van der Waals surface area contributed by atoms with Crippen LogP contribution in [0, 0.1) is 6.92 Å². The quantitative estimate of drug-likeness (QED) is 0.780. The van der Waals surface area contributed by atoms with Crippen molar-refractivity contribution >= 4 is 5.91 Å². The first kappa shape index (κ1) is 13.9. The largest absolute Gasteiger partial charge is 0.349 e. The van der Waals surface area contributed by atoms with Crippen LogP contribution in [0.3, 0.4) is 0 Å². The highest BCUT2D eigenvalue weighted by Gasteiger charge is 2.12. The highest BCUT2D eigenvalue weighted by atomic mass is 16.2. The number of amides is 1. The first-order valence-electron chi connectivity index (χ1n) is 6.71. The lowest BCUT2D eigenvalue weighted by Gasteiger charge is -2.18. The number of nitrogens with one attached hydrogen (secondary N) is 2. The van der Waals surface area contributed by atoms with Gasteiger partial charge in [0.15, 0.2) is 0 Å². The molecule has 0 unspecified atom stereocenters. The third kappa shape index (κ3) is 4.92. The molecule has 1 aromatic rings. The summed E-state index contributed by atoms with van der Waals surface area (Å²) >= 11 is 0. The Kier molecular flexibility index (Phi) is 5.23. The maximum absolute atomic E-state index is 11.8. The van der Waals surface area contributed by atoms with Crippen LogP contribution < -0.4 is 10.6 Å². The number of hydrogen-bond donors (Lipinski definition) is 2. The van der Waals surface area contributed by atoms with Gasteiger partial charge < -0.3 is 10.6 Å². The molecule has 0 bridgehead atoms. The lowest BCUT2D eigenvalue weighted by Crippen LogP contribution is -2.38. The molecule has 1 saturated heterocycles. The molecule has 0 spiro atoms. The second kappa shape index (κ2) is 7.16. The van der Waals surface area contributed by atoms with Gasteiger partial charge in [0.1, 0.15) is 0 Å². The van der Waals surface area contributed by atoms with Crippen LogP contribution in [0.4, 0.5) is 0 Å². The first-order valence-corrected chi connectivity index (χ1v) is 6.71. The molecule has 2 heterocycles. The predicted molar refractivity (Wildman–Crippen MR) is 72.5 cm³/mol. The Morgan fingerprint density at radius 2 is 2.26 bits per heavy atom. The normalized spacial score (nSPS) is 16.9. The second-order valence-electron chi connectivity index (χ2n) is 4.81. The van der Waals surface area contributed by atoms with Gasteiger partial charge in [-0.15, -0.1) is 0 Å². The van der Waals surface area contributed by atoms with Crippen LogP contribution in [-0.2, 0) is 11.3 Å². The fraction of sp³-hybridized carbons (Fsp3) is 0.615. The first-order chi connectivity index (χ1) is 9.24. The molecule has 0 radical (unpaired) electrons. The summed E-state index contributed by atoms with van der Waals surface area (Å²) in [5, 5.41) is 6.20. The maximum atomic E-state index is 11.8. The third-order valence-electron chi connectivity index (χ3n) is 3.10. The van der Waals surface area contributed by atoms with Gasteiger partial charge in [-0.05, 0) is 26.4 Å². The molecular weight excluding hydrogens is 242 g/mol. The molecule has 1 aliphatic rings. The highest BCUT2D eigenvalue weighted by Crippen LogP contribution is 1.96. The molecule has 0 saturated carbocycles. The molecule has 2 rings (SSSR count). The van der Waals surface area contributed by atoms with Crippen molar-refractivity contribution in [2.75, 3.05) is 32.7 Å². The summed E-state index contributed by atoms with van der Waals surface area (Å²) in [5.74, 6) is 0.0456. The Morgan fingerprint density at radius 3 is 3.05 bits per heavy atom. The molecule has 1 fully saturated rings. The van der Waals surface area contributed by atoms with Crippen LogP contribution in [-0.4, -0.2) is 53.5 Å². The van der Waals surface area contributed by atoms with Gasteiger partial charge in [0, 0.05) is 19.3 Å². The molecule has 6 nitrogen and oxygen atoms in total. The molecule has 104 valence electrons. The molecule has 1 amide bonds. The van der Waals surface area contributed by atoms with Crippen molar-refractivity contribution in [1.82, 2.24) is 25.5 Å². The smallest absolute Gasteiger partial charge is 0.234 e. The van der Waals surface area contributed by atoms with E-state index in [1.54, 1.807) is 12.4 Å². The van der Waals surface area contributed by atoms with E-state index in [2.05, 4.69) is 25.5 Å². The van der Waals surface area contributed by atoms with Gasteiger partial charge in [0.05, 0.1) is 30.7 Å². The minimum Gasteiger partial charge on any atom is -0.349 e. The van der Waals surface area contributed by atoms with E-state index in [9.17, 15) is 4.79 Å². The van der Waals surface area contributed by atoms with Crippen LogP contribution in [0.5, 0.6) is 0 Å². The fourth-order valence-corrected chi connectivity index (χ4v) is 2.02. The number of carbonyl (C=O) groups excluding carboxylic acids is 1. The van der Waals surface area contributed by atoms with Crippen molar-refractivity contribution in [2.45, 2.75) is 19.9 Å². The van der Waals surface area contributed by atoms with E-state index < -0.39 is 0 Å². The van der Waals surface area contributed by atoms with E-state index in [-0.39, 0.29) is 5.91 Å². The number of aryl methyl sites for hydroxylation is 1. The zero-order valence-corrected chi connectivity index (χ0v) is 11.4. The summed E-state index contributed by atoms with van der Waals surface area (Å²) in [4.78, 5) is 22.4. The van der Waals surface area contributed by atoms with Gasteiger partial charge >= 0.3 is 0 Å². The molecule has 0 aliphatic carbocycles. The minimum atomic E-state index is 0.0456. The third-order valence-corrected chi connectivity index (χ3v) is 3.10. The Morgan fingerprint density at radius 1 is 1.37 bits per heavy atom. The van der Waals surface area contributed by atoms with Crippen LogP contribution in [0.25, 0.3) is 0 Å². The molecule has 6 heteroatoms.